The smallest absolute Gasteiger partial charge is 0.432 e. The largest absolute Gasteiger partial charge is 0.474 e. The fraction of sp³-hybridized carbons (Fsp3) is 0.500. The van der Waals surface area contributed by atoms with E-state index in [0.717, 1.165) is 5.56 Å². The van der Waals surface area contributed by atoms with Crippen molar-refractivity contribution in [2.45, 2.75) is 12.7 Å². The topological polar surface area (TPSA) is 114 Å². The van der Waals surface area contributed by atoms with Gasteiger partial charge in [-0.2, -0.15) is 22.5 Å². The molecule has 0 N–H and O–H groups in total. The summed E-state index contributed by atoms with van der Waals surface area (Å²) in [7, 11) is -3.23. The Kier molecular flexibility index (Phi) is 6.32. The standard InChI is InChI=1S/C20H20ClF3N6O4S/c21-19-26-14-13-9-12(11-29-3-7-35(32,8-4-29)28-18(31)20(22,23)24)10-25-17(13)34-15(14)16(27-19)30-1-5-33-6-2-30/h9-10H,1-8,11H2. The van der Waals surface area contributed by atoms with Crippen LogP contribution in [0.3, 0.4) is 0 Å². The van der Waals surface area contributed by atoms with E-state index in [1.807, 2.05) is 15.9 Å². The van der Waals surface area contributed by atoms with Gasteiger partial charge < -0.3 is 14.1 Å². The van der Waals surface area contributed by atoms with Crippen molar-refractivity contribution >= 4 is 55.3 Å². The molecule has 3 aromatic rings. The lowest BCUT2D eigenvalue weighted by Crippen LogP contribution is -2.40. The van der Waals surface area contributed by atoms with Gasteiger partial charge in [0.25, 0.3) is 0 Å². The number of morpholine rings is 1. The number of halogens is 4. The first-order chi connectivity index (χ1) is 16.6. The second-order valence-electron chi connectivity index (χ2n) is 8.24. The zero-order chi connectivity index (χ0) is 24.8. The highest BCUT2D eigenvalue weighted by Crippen LogP contribution is 2.34. The van der Waals surface area contributed by atoms with Crippen molar-refractivity contribution < 1.29 is 31.3 Å². The fourth-order valence-corrected chi connectivity index (χ4v) is 6.12. The molecule has 0 saturated carbocycles. The van der Waals surface area contributed by atoms with Gasteiger partial charge in [0.05, 0.1) is 28.3 Å². The Hall–Kier alpha value is -2.55. The van der Waals surface area contributed by atoms with E-state index in [-0.39, 0.29) is 29.9 Å². The SMILES string of the molecule is O=C(N=S1(=O)CCN(Cc2cnc3oc4c(N5CCOCC5)nc(Cl)nc4c3c2)CC1)C(F)(F)F. The number of hydrogen-bond acceptors (Lipinski definition) is 9. The van der Waals surface area contributed by atoms with E-state index in [0.29, 0.717) is 60.9 Å². The van der Waals surface area contributed by atoms with Crippen LogP contribution in [0.15, 0.2) is 21.0 Å². The van der Waals surface area contributed by atoms with Crippen molar-refractivity contribution in [2.24, 2.45) is 4.36 Å². The van der Waals surface area contributed by atoms with Crippen LogP contribution in [0.2, 0.25) is 5.28 Å². The predicted octanol–water partition coefficient (Wildman–Crippen LogP) is 2.63. The number of nitrogens with zero attached hydrogens (tertiary/aromatic N) is 6. The summed E-state index contributed by atoms with van der Waals surface area (Å²) >= 11 is 6.21. The molecule has 35 heavy (non-hydrogen) atoms. The summed E-state index contributed by atoms with van der Waals surface area (Å²) < 4.78 is 64.4. The number of fused-ring (bicyclic) bond motifs is 3. The van der Waals surface area contributed by atoms with Gasteiger partial charge in [0.1, 0.15) is 5.52 Å². The summed E-state index contributed by atoms with van der Waals surface area (Å²) in [5, 5.41) is 0.734. The van der Waals surface area contributed by atoms with Gasteiger partial charge in [0.15, 0.2) is 11.4 Å². The minimum absolute atomic E-state index is 0.0787. The third-order valence-electron chi connectivity index (χ3n) is 5.84. The van der Waals surface area contributed by atoms with Gasteiger partial charge >= 0.3 is 12.1 Å². The van der Waals surface area contributed by atoms with Gasteiger partial charge in [-0.3, -0.25) is 9.69 Å². The molecule has 0 bridgehead atoms. The van der Waals surface area contributed by atoms with Crippen molar-refractivity contribution in [2.75, 3.05) is 55.8 Å². The Morgan fingerprint density at radius 2 is 1.89 bits per heavy atom. The molecule has 2 aliphatic rings. The van der Waals surface area contributed by atoms with E-state index in [4.69, 9.17) is 20.8 Å². The molecule has 3 aromatic heterocycles. The van der Waals surface area contributed by atoms with Crippen LogP contribution in [0.25, 0.3) is 22.2 Å². The van der Waals surface area contributed by atoms with Crippen molar-refractivity contribution in [1.82, 2.24) is 19.9 Å². The molecular formula is C20H20ClF3N6O4S. The fourth-order valence-electron chi connectivity index (χ4n) is 4.08. The molecule has 2 saturated heterocycles. The highest BCUT2D eigenvalue weighted by atomic mass is 35.5. The first kappa shape index (κ1) is 24.2. The van der Waals surface area contributed by atoms with Crippen molar-refractivity contribution in [3.63, 3.8) is 0 Å². The Morgan fingerprint density at radius 3 is 2.57 bits per heavy atom. The maximum Gasteiger partial charge on any atom is 0.474 e. The Morgan fingerprint density at radius 1 is 1.17 bits per heavy atom. The minimum Gasteiger partial charge on any atom is -0.432 e. The van der Waals surface area contributed by atoms with Crippen molar-refractivity contribution in [1.29, 1.82) is 0 Å². The lowest BCUT2D eigenvalue weighted by atomic mass is 10.2. The number of furan rings is 1. The van der Waals surface area contributed by atoms with Crippen molar-refractivity contribution in [3.8, 4) is 0 Å². The van der Waals surface area contributed by atoms with E-state index in [1.54, 1.807) is 6.20 Å². The van der Waals surface area contributed by atoms with Gasteiger partial charge in [-0.05, 0) is 23.2 Å². The number of ether oxygens (including phenoxy) is 1. The summed E-state index contributed by atoms with van der Waals surface area (Å²) in [4.78, 5) is 28.2. The average Bonchev–Trinajstić information content (AvgIpc) is 3.18. The number of rotatable bonds is 3. The molecule has 5 heterocycles. The predicted molar refractivity (Wildman–Crippen MR) is 122 cm³/mol. The number of hydrogen-bond donors (Lipinski definition) is 0. The van der Waals surface area contributed by atoms with E-state index in [2.05, 4.69) is 19.3 Å². The third-order valence-corrected chi connectivity index (χ3v) is 8.15. The zero-order valence-corrected chi connectivity index (χ0v) is 19.8. The molecule has 2 aliphatic heterocycles. The van der Waals surface area contributed by atoms with Crippen LogP contribution in [-0.4, -0.2) is 87.0 Å². The lowest BCUT2D eigenvalue weighted by Gasteiger charge is -2.28. The number of pyridine rings is 1. The molecule has 10 nitrogen and oxygen atoms in total. The summed E-state index contributed by atoms with van der Waals surface area (Å²) in [6, 6.07) is 1.87. The molecule has 15 heteroatoms. The summed E-state index contributed by atoms with van der Waals surface area (Å²) in [5.74, 6) is -1.96. The highest BCUT2D eigenvalue weighted by molar-refractivity contribution is 7.94. The van der Waals surface area contributed by atoms with Crippen LogP contribution in [0.5, 0.6) is 0 Å². The molecule has 5 rings (SSSR count). The van der Waals surface area contributed by atoms with Gasteiger partial charge in [0, 0.05) is 50.4 Å². The summed E-state index contributed by atoms with van der Waals surface area (Å²) in [6.07, 6.45) is -3.48. The van der Waals surface area contributed by atoms with E-state index < -0.39 is 21.8 Å². The molecule has 0 radical (unpaired) electrons. The number of alkyl halides is 3. The third kappa shape index (κ3) is 5.06. The van der Waals surface area contributed by atoms with E-state index in [9.17, 15) is 22.2 Å². The summed E-state index contributed by atoms with van der Waals surface area (Å²) in [6.45, 7) is 3.26. The lowest BCUT2D eigenvalue weighted by molar-refractivity contribution is -0.169. The van der Waals surface area contributed by atoms with Gasteiger partial charge in [-0.15, -0.1) is 0 Å². The molecular weight excluding hydrogens is 513 g/mol. The van der Waals surface area contributed by atoms with Crippen LogP contribution in [0.4, 0.5) is 19.0 Å². The van der Waals surface area contributed by atoms with Gasteiger partial charge in [0.2, 0.25) is 11.0 Å². The monoisotopic (exact) mass is 532 g/mol. The van der Waals surface area contributed by atoms with Crippen molar-refractivity contribution in [3.05, 3.63) is 23.1 Å². The van der Waals surface area contributed by atoms with E-state index in [1.165, 1.54) is 0 Å². The van der Waals surface area contributed by atoms with Gasteiger partial charge in [-0.25, -0.2) is 14.2 Å². The van der Waals surface area contributed by atoms with Gasteiger partial charge in [-0.1, -0.05) is 0 Å². The van der Waals surface area contributed by atoms with Crippen LogP contribution in [0.1, 0.15) is 5.56 Å². The first-order valence-corrected chi connectivity index (χ1v) is 13.0. The molecule has 0 unspecified atom stereocenters. The molecule has 1 amide bonds. The molecule has 0 atom stereocenters. The quantitative estimate of drug-likeness (QED) is 0.469. The maximum absolute atomic E-state index is 12.6. The van der Waals surface area contributed by atoms with Crippen LogP contribution < -0.4 is 4.90 Å². The Bertz CT molecular complexity index is 1400. The maximum atomic E-state index is 12.6. The number of anilines is 1. The van der Waals surface area contributed by atoms with Crippen LogP contribution in [-0.2, 0) is 25.8 Å². The molecule has 2 fully saturated rings. The second-order valence-corrected chi connectivity index (χ2v) is 11.1. The minimum atomic E-state index is -5.12. The number of carbonyl (C=O) groups excluding carboxylic acids is 1. The number of aromatic nitrogens is 3. The van der Waals surface area contributed by atoms with Crippen LogP contribution in [0, 0.1) is 0 Å². The molecule has 0 spiro atoms. The van der Waals surface area contributed by atoms with E-state index >= 15 is 0 Å². The normalized spacial score (nSPS) is 19.4. The average molecular weight is 533 g/mol. The van der Waals surface area contributed by atoms with Crippen LogP contribution >= 0.6 is 11.6 Å². The first-order valence-electron chi connectivity index (χ1n) is 10.7. The molecule has 0 aliphatic carbocycles. The number of amides is 1. The number of carbonyl (C=O) groups is 1. The molecule has 188 valence electrons. The Labute approximate surface area is 202 Å². The second kappa shape index (κ2) is 9.15. The Balaban J connectivity index is 1.37. The summed E-state index contributed by atoms with van der Waals surface area (Å²) in [5.41, 5.74) is 2.19. The highest BCUT2D eigenvalue weighted by Gasteiger charge is 2.40. The zero-order valence-electron chi connectivity index (χ0n) is 18.3. The molecule has 0 aromatic carbocycles.